The summed E-state index contributed by atoms with van der Waals surface area (Å²) < 4.78 is 21.8. The van der Waals surface area contributed by atoms with Crippen LogP contribution >= 0.6 is 0 Å². The lowest BCUT2D eigenvalue weighted by atomic mass is 9.77. The second-order valence-corrected chi connectivity index (χ2v) is 12.1. The normalized spacial score (nSPS) is 23.0. The Hall–Kier alpha value is -3.60. The van der Waals surface area contributed by atoms with E-state index in [1.807, 2.05) is 0 Å². The molecule has 0 atom stereocenters. The molecule has 0 aromatic heterocycles. The number of terminal acetylenes is 1. The van der Waals surface area contributed by atoms with Crippen molar-refractivity contribution in [2.45, 2.75) is 109 Å². The summed E-state index contributed by atoms with van der Waals surface area (Å²) in [4.78, 5) is 49.1. The summed E-state index contributed by atoms with van der Waals surface area (Å²) in [7, 11) is 0. The Kier molecular flexibility index (Phi) is 14.5. The van der Waals surface area contributed by atoms with E-state index in [-0.39, 0.29) is 23.8 Å². The van der Waals surface area contributed by atoms with E-state index in [0.29, 0.717) is 81.8 Å². The molecule has 0 bridgehead atoms. The third-order valence-corrected chi connectivity index (χ3v) is 8.83. The number of esters is 4. The summed E-state index contributed by atoms with van der Waals surface area (Å²) in [6.45, 7) is 6.19. The number of carbonyl (C=O) groups excluding carboxylic acids is 4. The minimum atomic E-state index is -0.863. The van der Waals surface area contributed by atoms with Crippen molar-refractivity contribution >= 4 is 23.9 Å². The van der Waals surface area contributed by atoms with Gasteiger partial charge in [-0.3, -0.25) is 9.59 Å². The minimum absolute atomic E-state index is 0.222. The smallest absolute Gasteiger partial charge is 0.339 e. The molecule has 1 aromatic carbocycles. The van der Waals surface area contributed by atoms with Crippen LogP contribution in [0.5, 0.6) is 5.75 Å². The van der Waals surface area contributed by atoms with Gasteiger partial charge in [0, 0.05) is 6.08 Å². The number of rotatable bonds is 16. The van der Waals surface area contributed by atoms with Gasteiger partial charge in [-0.1, -0.05) is 45.1 Å². The van der Waals surface area contributed by atoms with Crippen molar-refractivity contribution in [1.82, 2.24) is 0 Å². The van der Waals surface area contributed by atoms with Crippen LogP contribution < -0.4 is 4.74 Å². The fourth-order valence-electron chi connectivity index (χ4n) is 5.95. The highest BCUT2D eigenvalue weighted by molar-refractivity contribution is 5.90. The van der Waals surface area contributed by atoms with Crippen molar-refractivity contribution in [1.29, 1.82) is 0 Å². The lowest BCUT2D eigenvalue weighted by molar-refractivity contribution is -0.152. The van der Waals surface area contributed by atoms with Crippen LogP contribution in [-0.2, 0) is 28.6 Å². The maximum absolute atomic E-state index is 12.9. The first-order chi connectivity index (χ1) is 21.3. The van der Waals surface area contributed by atoms with Crippen molar-refractivity contribution in [2.24, 2.45) is 17.8 Å². The van der Waals surface area contributed by atoms with E-state index >= 15 is 0 Å². The molecule has 0 saturated heterocycles. The van der Waals surface area contributed by atoms with Gasteiger partial charge in [0.25, 0.3) is 0 Å². The van der Waals surface area contributed by atoms with E-state index in [1.165, 1.54) is 25.7 Å². The second-order valence-electron chi connectivity index (χ2n) is 12.1. The van der Waals surface area contributed by atoms with Crippen LogP contribution in [0.1, 0.15) is 114 Å². The Morgan fingerprint density at radius 1 is 0.864 bits per heavy atom. The topological polar surface area (TPSA) is 105 Å². The molecule has 0 amide bonds. The largest absolute Gasteiger partial charge is 0.465 e. The van der Waals surface area contributed by atoms with E-state index in [1.54, 1.807) is 24.3 Å². The maximum atomic E-state index is 12.9. The van der Waals surface area contributed by atoms with Crippen molar-refractivity contribution < 1.29 is 38.1 Å². The van der Waals surface area contributed by atoms with Crippen molar-refractivity contribution in [3.63, 3.8) is 0 Å². The Morgan fingerprint density at radius 2 is 1.48 bits per heavy atom. The molecule has 3 rings (SSSR count). The van der Waals surface area contributed by atoms with E-state index in [0.717, 1.165) is 25.3 Å². The van der Waals surface area contributed by atoms with Gasteiger partial charge in [-0.15, -0.1) is 6.42 Å². The van der Waals surface area contributed by atoms with Crippen LogP contribution in [0.25, 0.3) is 0 Å². The van der Waals surface area contributed by atoms with E-state index in [2.05, 4.69) is 19.4 Å². The van der Waals surface area contributed by atoms with Crippen molar-refractivity contribution in [3.8, 4) is 18.1 Å². The molecule has 1 aromatic rings. The van der Waals surface area contributed by atoms with Crippen LogP contribution in [0.4, 0.5) is 0 Å². The van der Waals surface area contributed by atoms with Gasteiger partial charge in [0.1, 0.15) is 5.75 Å². The predicted molar refractivity (Wildman–Crippen MR) is 167 cm³/mol. The lowest BCUT2D eigenvalue weighted by Gasteiger charge is -2.36. The van der Waals surface area contributed by atoms with Gasteiger partial charge in [-0.05, 0) is 101 Å². The van der Waals surface area contributed by atoms with Gasteiger partial charge in [0.2, 0.25) is 0 Å². The molecule has 2 saturated carbocycles. The number of ether oxygens (including phenoxy) is 4. The number of hydrogen-bond acceptors (Lipinski definition) is 8. The monoisotopic (exact) mass is 608 g/mol. The molecule has 8 heteroatoms. The van der Waals surface area contributed by atoms with Gasteiger partial charge in [-0.2, -0.15) is 0 Å². The molecule has 8 nitrogen and oxygen atoms in total. The maximum Gasteiger partial charge on any atom is 0.339 e. The molecule has 44 heavy (non-hydrogen) atoms. The molecule has 0 aliphatic heterocycles. The SMILES string of the molecule is C#CC1(OC(=O)c2ccc(OC(=O)C3CCC(C(=O)OCCCCCOC(=O)C=C)CC3)cc2)CCC(CCCCC)CC1. The zero-order chi connectivity index (χ0) is 31.8. The summed E-state index contributed by atoms with van der Waals surface area (Å²) >= 11 is 0. The van der Waals surface area contributed by atoms with Gasteiger partial charge < -0.3 is 18.9 Å². The van der Waals surface area contributed by atoms with Crippen LogP contribution in [0.3, 0.4) is 0 Å². The zero-order valence-corrected chi connectivity index (χ0v) is 26.2. The standard InChI is InChI=1S/C36H48O8/c1-4-7-9-12-27-21-23-36(6-3,24-22-27)44-35(40)30-17-19-31(20-18-30)43-34(39)29-15-13-28(14-16-29)33(38)42-26-11-8-10-25-41-32(37)5-2/h3,5,17-20,27-29H,2,4,7-16,21-26H2,1H3. The average molecular weight is 609 g/mol. The minimum Gasteiger partial charge on any atom is -0.465 e. The first-order valence-electron chi connectivity index (χ1n) is 16.3. The molecule has 2 fully saturated rings. The number of carbonyl (C=O) groups is 4. The number of benzene rings is 1. The molecule has 240 valence electrons. The van der Waals surface area contributed by atoms with Crippen LogP contribution in [0.15, 0.2) is 36.9 Å². The van der Waals surface area contributed by atoms with Gasteiger partial charge >= 0.3 is 23.9 Å². The predicted octanol–water partition coefficient (Wildman–Crippen LogP) is 7.14. The highest BCUT2D eigenvalue weighted by Gasteiger charge is 2.37. The molecule has 2 aliphatic carbocycles. The summed E-state index contributed by atoms with van der Waals surface area (Å²) in [5.74, 6) is 1.75. The Bertz CT molecular complexity index is 1130. The van der Waals surface area contributed by atoms with E-state index in [4.69, 9.17) is 25.4 Å². The fourth-order valence-corrected chi connectivity index (χ4v) is 5.95. The molecule has 0 radical (unpaired) electrons. The van der Waals surface area contributed by atoms with Crippen molar-refractivity contribution in [3.05, 3.63) is 42.5 Å². The summed E-state index contributed by atoms with van der Waals surface area (Å²) in [6.07, 6.45) is 19.6. The fraction of sp³-hybridized carbons (Fsp3) is 0.611. The third-order valence-electron chi connectivity index (χ3n) is 8.83. The summed E-state index contributed by atoms with van der Waals surface area (Å²) in [6, 6.07) is 6.36. The van der Waals surface area contributed by atoms with E-state index < -0.39 is 17.5 Å². The zero-order valence-electron chi connectivity index (χ0n) is 26.2. The quantitative estimate of drug-likeness (QED) is 0.0487. The van der Waals surface area contributed by atoms with Gasteiger partial charge in [-0.25, -0.2) is 9.59 Å². The van der Waals surface area contributed by atoms with Gasteiger partial charge in [0.05, 0.1) is 30.6 Å². The van der Waals surface area contributed by atoms with Crippen LogP contribution in [0.2, 0.25) is 0 Å². The molecule has 0 heterocycles. The van der Waals surface area contributed by atoms with E-state index in [9.17, 15) is 19.2 Å². The number of hydrogen-bond donors (Lipinski definition) is 0. The summed E-state index contributed by atoms with van der Waals surface area (Å²) in [5.41, 5.74) is -0.502. The molecule has 0 spiro atoms. The second kappa shape index (κ2) is 18.3. The summed E-state index contributed by atoms with van der Waals surface area (Å²) in [5, 5.41) is 0. The first kappa shape index (κ1) is 34.9. The highest BCUT2D eigenvalue weighted by Crippen LogP contribution is 2.37. The Balaban J connectivity index is 1.35. The lowest BCUT2D eigenvalue weighted by Crippen LogP contribution is -2.37. The molecule has 0 unspecified atom stereocenters. The molecule has 2 aliphatic rings. The Labute approximate surface area is 262 Å². The van der Waals surface area contributed by atoms with Crippen LogP contribution in [0, 0.1) is 30.1 Å². The van der Waals surface area contributed by atoms with Gasteiger partial charge in [0.15, 0.2) is 5.60 Å². The third kappa shape index (κ3) is 11.2. The Morgan fingerprint density at radius 3 is 2.07 bits per heavy atom. The molecule has 0 N–H and O–H groups in total. The first-order valence-corrected chi connectivity index (χ1v) is 16.3. The molecular formula is C36H48O8. The number of unbranched alkanes of at least 4 members (excludes halogenated alkanes) is 4. The average Bonchev–Trinajstić information content (AvgIpc) is 3.05. The van der Waals surface area contributed by atoms with Crippen LogP contribution in [-0.4, -0.2) is 42.7 Å². The highest BCUT2D eigenvalue weighted by atomic mass is 16.6. The molecular weight excluding hydrogens is 560 g/mol. The van der Waals surface area contributed by atoms with Crippen molar-refractivity contribution in [2.75, 3.05) is 13.2 Å².